The number of alkyl halides is 3. The number of methoxy groups -OCH3 is 1. The number of ether oxygens (including phenoxy) is 1. The number of hydrogen-bond donors (Lipinski definition) is 2. The van der Waals surface area contributed by atoms with E-state index in [1.807, 2.05) is 6.92 Å². The third-order valence-corrected chi connectivity index (χ3v) is 4.26. The van der Waals surface area contributed by atoms with Crippen LogP contribution in [0.25, 0.3) is 5.69 Å². The highest BCUT2D eigenvalue weighted by Crippen LogP contribution is 2.34. The summed E-state index contributed by atoms with van der Waals surface area (Å²) < 4.78 is 46.7. The second kappa shape index (κ2) is 9.00. The van der Waals surface area contributed by atoms with Crippen LogP contribution in [-0.4, -0.2) is 35.3 Å². The fourth-order valence-electron chi connectivity index (χ4n) is 2.83. The minimum Gasteiger partial charge on any atom is -0.375 e. The van der Waals surface area contributed by atoms with Crippen LogP contribution in [0.3, 0.4) is 0 Å². The summed E-state index contributed by atoms with van der Waals surface area (Å²) >= 11 is 0. The van der Waals surface area contributed by atoms with E-state index >= 15 is 0 Å². The summed E-state index contributed by atoms with van der Waals surface area (Å²) in [6.07, 6.45) is -3.92. The van der Waals surface area contributed by atoms with Crippen LogP contribution in [-0.2, 0) is 15.7 Å². The first kappa shape index (κ1) is 22.0. The van der Waals surface area contributed by atoms with Gasteiger partial charge < -0.3 is 15.4 Å². The molecule has 7 nitrogen and oxygen atoms in total. The first-order chi connectivity index (χ1) is 14.7. The van der Waals surface area contributed by atoms with Crippen molar-refractivity contribution in [3.8, 4) is 5.69 Å². The Balaban J connectivity index is 1.83. The predicted molar refractivity (Wildman–Crippen MR) is 108 cm³/mol. The number of hydrogen-bond acceptors (Lipinski definition) is 4. The summed E-state index contributed by atoms with van der Waals surface area (Å²) in [5.41, 5.74) is -0.00515. The molecule has 0 atom stereocenters. The summed E-state index contributed by atoms with van der Waals surface area (Å²) in [5.74, 6) is -1.32. The highest BCUT2D eigenvalue weighted by Gasteiger charge is 2.40. The van der Waals surface area contributed by atoms with Crippen LogP contribution < -0.4 is 10.6 Å². The topological polar surface area (TPSA) is 85.2 Å². The molecule has 162 valence electrons. The van der Waals surface area contributed by atoms with Crippen molar-refractivity contribution in [3.63, 3.8) is 0 Å². The Labute approximate surface area is 175 Å². The average molecular weight is 432 g/mol. The van der Waals surface area contributed by atoms with Gasteiger partial charge in [-0.2, -0.15) is 18.3 Å². The molecule has 2 amide bonds. The number of carbonyl (C=O) groups is 2. The summed E-state index contributed by atoms with van der Waals surface area (Å²) in [5, 5.41) is 8.78. The number of nitrogens with zero attached hydrogens (tertiary/aromatic N) is 2. The number of carbonyl (C=O) groups excluding carboxylic acids is 2. The Hall–Kier alpha value is -3.66. The quantitative estimate of drug-likeness (QED) is 0.616. The number of benzene rings is 2. The largest absolute Gasteiger partial charge is 0.434 e. The number of rotatable bonds is 6. The van der Waals surface area contributed by atoms with E-state index in [2.05, 4.69) is 15.7 Å². The lowest BCUT2D eigenvalue weighted by Gasteiger charge is -2.13. The molecular weight excluding hydrogens is 413 g/mol. The van der Waals surface area contributed by atoms with Crippen molar-refractivity contribution < 1.29 is 27.5 Å². The zero-order chi connectivity index (χ0) is 22.6. The molecule has 3 rings (SSSR count). The molecule has 1 heterocycles. The Kier molecular flexibility index (Phi) is 6.40. The highest BCUT2D eigenvalue weighted by atomic mass is 19.4. The molecule has 0 saturated heterocycles. The van der Waals surface area contributed by atoms with E-state index in [0.717, 1.165) is 11.8 Å². The Bertz CT molecular complexity index is 1070. The third kappa shape index (κ3) is 5.28. The Morgan fingerprint density at radius 1 is 1.00 bits per heavy atom. The van der Waals surface area contributed by atoms with Crippen molar-refractivity contribution in [3.05, 3.63) is 71.5 Å². The van der Waals surface area contributed by atoms with Gasteiger partial charge in [0, 0.05) is 18.5 Å². The van der Waals surface area contributed by atoms with Crippen molar-refractivity contribution in [2.24, 2.45) is 0 Å². The normalized spacial score (nSPS) is 11.3. The minimum atomic E-state index is -4.80. The molecule has 0 fully saturated rings. The summed E-state index contributed by atoms with van der Waals surface area (Å²) in [7, 11) is 1.38. The molecule has 0 aliphatic heterocycles. The van der Waals surface area contributed by atoms with Crippen LogP contribution in [0.4, 0.5) is 24.5 Å². The van der Waals surface area contributed by atoms with Crippen LogP contribution >= 0.6 is 0 Å². The second-order valence-electron chi connectivity index (χ2n) is 6.66. The number of amides is 2. The van der Waals surface area contributed by atoms with Crippen molar-refractivity contribution in [1.82, 2.24) is 9.78 Å². The molecule has 2 aromatic carbocycles. The van der Waals surface area contributed by atoms with Gasteiger partial charge in [0.1, 0.15) is 6.61 Å². The summed E-state index contributed by atoms with van der Waals surface area (Å²) in [6.45, 7) is 1.69. The van der Waals surface area contributed by atoms with Gasteiger partial charge in [-0.05, 0) is 43.3 Å². The number of halogens is 3. The molecule has 10 heteroatoms. The molecule has 0 unspecified atom stereocenters. The maximum absolute atomic E-state index is 13.8. The van der Waals surface area contributed by atoms with Crippen LogP contribution in [0.5, 0.6) is 0 Å². The molecule has 0 bridgehead atoms. The fraction of sp³-hybridized carbons (Fsp3) is 0.190. The standard InChI is InChI=1S/C21H19F3N4O3/c1-13-3-9-16(10-4-13)28-19(21(22,23)24)17(11-25-28)20(30)27-15-7-5-14(6-8-15)26-18(29)12-31-2/h3-11H,12H2,1-2H3,(H,26,29)(H,27,30). The van der Waals surface area contributed by atoms with E-state index in [-0.39, 0.29) is 23.9 Å². The van der Waals surface area contributed by atoms with E-state index in [1.165, 1.54) is 43.5 Å². The average Bonchev–Trinajstić information content (AvgIpc) is 3.16. The second-order valence-corrected chi connectivity index (χ2v) is 6.66. The molecule has 31 heavy (non-hydrogen) atoms. The number of nitrogens with one attached hydrogen (secondary N) is 2. The predicted octanol–water partition coefficient (Wildman–Crippen LogP) is 4.04. The van der Waals surface area contributed by atoms with Crippen LogP contribution in [0.1, 0.15) is 21.6 Å². The molecule has 3 aromatic rings. The fourth-order valence-corrected chi connectivity index (χ4v) is 2.83. The first-order valence-electron chi connectivity index (χ1n) is 9.11. The van der Waals surface area contributed by atoms with E-state index < -0.39 is 23.3 Å². The molecule has 2 N–H and O–H groups in total. The van der Waals surface area contributed by atoms with E-state index in [4.69, 9.17) is 4.74 Å². The monoisotopic (exact) mass is 432 g/mol. The molecule has 0 radical (unpaired) electrons. The summed E-state index contributed by atoms with van der Waals surface area (Å²) in [6, 6.07) is 12.2. The maximum atomic E-state index is 13.8. The first-order valence-corrected chi connectivity index (χ1v) is 9.11. The summed E-state index contributed by atoms with van der Waals surface area (Å²) in [4.78, 5) is 24.1. The van der Waals surface area contributed by atoms with Gasteiger partial charge in [-0.1, -0.05) is 17.7 Å². The molecule has 1 aromatic heterocycles. The van der Waals surface area contributed by atoms with Crippen molar-refractivity contribution in [2.45, 2.75) is 13.1 Å². The molecule has 0 aliphatic rings. The van der Waals surface area contributed by atoms with E-state index in [0.29, 0.717) is 10.4 Å². The molecular formula is C21H19F3N4O3. The van der Waals surface area contributed by atoms with Crippen LogP contribution in [0, 0.1) is 6.92 Å². The maximum Gasteiger partial charge on any atom is 0.434 e. The SMILES string of the molecule is COCC(=O)Nc1ccc(NC(=O)c2cnn(-c3ccc(C)cc3)c2C(F)(F)F)cc1. The highest BCUT2D eigenvalue weighted by molar-refractivity contribution is 6.05. The molecule has 0 saturated carbocycles. The van der Waals surface area contributed by atoms with Crippen molar-refractivity contribution >= 4 is 23.2 Å². The zero-order valence-electron chi connectivity index (χ0n) is 16.7. The van der Waals surface area contributed by atoms with Gasteiger partial charge in [0.05, 0.1) is 17.4 Å². The number of aromatic nitrogens is 2. The van der Waals surface area contributed by atoms with Gasteiger partial charge in [-0.25, -0.2) is 4.68 Å². The zero-order valence-corrected chi connectivity index (χ0v) is 16.7. The van der Waals surface area contributed by atoms with Crippen LogP contribution in [0.15, 0.2) is 54.7 Å². The van der Waals surface area contributed by atoms with Crippen LogP contribution in [0.2, 0.25) is 0 Å². The van der Waals surface area contributed by atoms with E-state index in [9.17, 15) is 22.8 Å². The molecule has 0 spiro atoms. The van der Waals surface area contributed by atoms with Crippen molar-refractivity contribution in [2.75, 3.05) is 24.4 Å². The lowest BCUT2D eigenvalue weighted by Crippen LogP contribution is -2.20. The number of anilines is 2. The smallest absolute Gasteiger partial charge is 0.375 e. The lowest BCUT2D eigenvalue weighted by atomic mass is 10.2. The lowest BCUT2D eigenvalue weighted by molar-refractivity contribution is -0.143. The van der Waals surface area contributed by atoms with Gasteiger partial charge in [-0.3, -0.25) is 9.59 Å². The Morgan fingerprint density at radius 2 is 1.58 bits per heavy atom. The molecule has 0 aliphatic carbocycles. The van der Waals surface area contributed by atoms with Crippen molar-refractivity contribution in [1.29, 1.82) is 0 Å². The van der Waals surface area contributed by atoms with Gasteiger partial charge in [0.2, 0.25) is 5.91 Å². The van der Waals surface area contributed by atoms with Gasteiger partial charge in [0.15, 0.2) is 5.69 Å². The minimum absolute atomic E-state index is 0.121. The van der Waals surface area contributed by atoms with Gasteiger partial charge >= 0.3 is 6.18 Å². The Morgan fingerprint density at radius 3 is 2.13 bits per heavy atom. The van der Waals surface area contributed by atoms with E-state index in [1.54, 1.807) is 12.1 Å². The van der Waals surface area contributed by atoms with Gasteiger partial charge in [-0.15, -0.1) is 0 Å². The third-order valence-electron chi connectivity index (χ3n) is 4.26. The van der Waals surface area contributed by atoms with Gasteiger partial charge in [0.25, 0.3) is 5.91 Å². The number of aryl methyl sites for hydroxylation is 1.